The first kappa shape index (κ1) is 29.3. The summed E-state index contributed by atoms with van der Waals surface area (Å²) >= 11 is 0. The number of aliphatic hydroxyl groups excluding tert-OH is 8. The third kappa shape index (κ3) is 6.25. The number of ether oxygens (including phenoxy) is 4. The van der Waals surface area contributed by atoms with Crippen molar-refractivity contribution in [1.29, 1.82) is 0 Å². The van der Waals surface area contributed by atoms with Crippen molar-refractivity contribution < 1.29 is 64.6 Å². The summed E-state index contributed by atoms with van der Waals surface area (Å²) < 4.78 is 21.9. The Bertz CT molecular complexity index is 632. The average molecular weight is 501 g/mol. The van der Waals surface area contributed by atoms with Crippen molar-refractivity contribution in [3.8, 4) is 0 Å². The summed E-state index contributed by atoms with van der Waals surface area (Å²) in [6.45, 7) is -2.31. The monoisotopic (exact) mass is 501 g/mol. The second kappa shape index (κ2) is 12.9. The van der Waals surface area contributed by atoms with Crippen molar-refractivity contribution in [2.75, 3.05) is 19.8 Å². The zero-order valence-corrected chi connectivity index (χ0v) is 18.1. The van der Waals surface area contributed by atoms with E-state index >= 15 is 0 Å². The Morgan fingerprint density at radius 3 is 1.97 bits per heavy atom. The number of aldehydes is 1. The molecule has 2 aliphatic rings. The Labute approximate surface area is 194 Å². The van der Waals surface area contributed by atoms with Crippen molar-refractivity contribution in [3.63, 3.8) is 0 Å². The Balaban J connectivity index is 2.17. The van der Waals surface area contributed by atoms with Crippen LogP contribution in [0.25, 0.3) is 0 Å². The van der Waals surface area contributed by atoms with Crippen molar-refractivity contribution in [2.24, 2.45) is 17.2 Å². The van der Waals surface area contributed by atoms with Crippen LogP contribution in [-0.2, 0) is 23.7 Å². The highest BCUT2D eigenvalue weighted by Gasteiger charge is 2.50. The lowest BCUT2D eigenvalue weighted by molar-refractivity contribution is -0.338. The van der Waals surface area contributed by atoms with Gasteiger partial charge in [-0.1, -0.05) is 0 Å². The van der Waals surface area contributed by atoms with Gasteiger partial charge in [-0.25, -0.2) is 0 Å². The van der Waals surface area contributed by atoms with Gasteiger partial charge in [-0.05, 0) is 0 Å². The molecule has 2 aliphatic heterocycles. The van der Waals surface area contributed by atoms with Crippen LogP contribution < -0.4 is 17.2 Å². The smallest absolute Gasteiger partial charge is 0.176 e. The molecular formula is C18H35N3O13. The molecule has 0 aromatic carbocycles. The predicted molar refractivity (Wildman–Crippen MR) is 108 cm³/mol. The Kier molecular flexibility index (Phi) is 11.1. The summed E-state index contributed by atoms with van der Waals surface area (Å²) in [5.41, 5.74) is 17.3. The minimum absolute atomic E-state index is 0.195. The molecule has 2 rings (SSSR count). The molecule has 0 bridgehead atoms. The predicted octanol–water partition coefficient (Wildman–Crippen LogP) is -7.83. The second-order valence-corrected chi connectivity index (χ2v) is 8.23. The number of hydrogen-bond acceptors (Lipinski definition) is 16. The van der Waals surface area contributed by atoms with Gasteiger partial charge in [0.1, 0.15) is 61.2 Å². The molecule has 0 aromatic rings. The van der Waals surface area contributed by atoms with Crippen LogP contribution in [0, 0.1) is 0 Å². The zero-order chi connectivity index (χ0) is 25.7. The van der Waals surface area contributed by atoms with E-state index in [2.05, 4.69) is 0 Å². The van der Waals surface area contributed by atoms with Crippen molar-refractivity contribution in [1.82, 2.24) is 0 Å². The van der Waals surface area contributed by atoms with E-state index in [4.69, 9.17) is 36.1 Å². The quantitative estimate of drug-likeness (QED) is 0.117. The zero-order valence-electron chi connectivity index (χ0n) is 18.1. The van der Waals surface area contributed by atoms with E-state index in [0.717, 1.165) is 0 Å². The molecule has 0 amide bonds. The molecule has 2 heterocycles. The maximum absolute atomic E-state index is 10.9. The van der Waals surface area contributed by atoms with E-state index in [1.165, 1.54) is 0 Å². The van der Waals surface area contributed by atoms with Crippen LogP contribution in [0.2, 0.25) is 0 Å². The summed E-state index contributed by atoms with van der Waals surface area (Å²) in [5.74, 6) is 0. The van der Waals surface area contributed by atoms with Gasteiger partial charge in [0.05, 0.1) is 37.9 Å². The van der Waals surface area contributed by atoms with Gasteiger partial charge in [-0.15, -0.1) is 0 Å². The lowest BCUT2D eigenvalue weighted by Gasteiger charge is -2.47. The fourth-order valence-corrected chi connectivity index (χ4v) is 3.72. The molecule has 2 fully saturated rings. The fourth-order valence-electron chi connectivity index (χ4n) is 3.72. The SMILES string of the molecule is NC(C=O)C(O)C(O[C@@H]1O[C@H](CO)[C@@H](OC2O[C@H](CO)C(O)C(O)C2N)[C@H](O)[C@H]1N)C(O)CO. The molecule has 0 aliphatic carbocycles. The van der Waals surface area contributed by atoms with Crippen LogP contribution in [-0.4, -0.2) is 153 Å². The van der Waals surface area contributed by atoms with Gasteiger partial charge in [0.25, 0.3) is 0 Å². The van der Waals surface area contributed by atoms with Gasteiger partial charge in [0.15, 0.2) is 12.6 Å². The third-order valence-electron chi connectivity index (χ3n) is 5.87. The summed E-state index contributed by atoms with van der Waals surface area (Å²) in [6.07, 6.45) is -16.7. The number of hydrogen-bond donors (Lipinski definition) is 11. The van der Waals surface area contributed by atoms with Crippen LogP contribution in [0.3, 0.4) is 0 Å². The van der Waals surface area contributed by atoms with E-state index in [-0.39, 0.29) is 6.29 Å². The number of aliphatic hydroxyl groups is 8. The molecule has 0 aromatic heterocycles. The highest BCUT2D eigenvalue weighted by Crippen LogP contribution is 2.29. The van der Waals surface area contributed by atoms with Crippen molar-refractivity contribution in [2.45, 2.75) is 85.6 Å². The van der Waals surface area contributed by atoms with Crippen LogP contribution in [0.5, 0.6) is 0 Å². The normalized spacial score (nSPS) is 42.6. The number of carbonyl (C=O) groups is 1. The molecule has 200 valence electrons. The molecular weight excluding hydrogens is 466 g/mol. The molecule has 14 N–H and O–H groups in total. The van der Waals surface area contributed by atoms with E-state index in [0.29, 0.717) is 0 Å². The van der Waals surface area contributed by atoms with Gasteiger partial charge < -0.3 is 81.8 Å². The van der Waals surface area contributed by atoms with Crippen molar-refractivity contribution >= 4 is 6.29 Å². The highest BCUT2D eigenvalue weighted by molar-refractivity contribution is 5.58. The standard InChI is InChI=1S/C18H35N3O13/c19-5(1-22)11(27)15(6(26)2-23)33-18-10(21)14(30)16(8(4-25)32-18)34-17-9(20)13(29)12(28)7(3-24)31-17/h1,5-18,23-30H,2-4,19-21H2/t5?,6?,7-,8-,9?,10-,11?,12?,13?,14-,15?,16-,17?,18+/m1/s1. The summed E-state index contributed by atoms with van der Waals surface area (Å²) in [5, 5.41) is 79.3. The Morgan fingerprint density at radius 2 is 1.44 bits per heavy atom. The molecule has 0 spiro atoms. The molecule has 8 unspecified atom stereocenters. The number of rotatable bonds is 11. The third-order valence-corrected chi connectivity index (χ3v) is 5.87. The van der Waals surface area contributed by atoms with E-state index in [1.54, 1.807) is 0 Å². The van der Waals surface area contributed by atoms with E-state index in [1.807, 2.05) is 0 Å². The maximum Gasteiger partial charge on any atom is 0.176 e. The first-order valence-electron chi connectivity index (χ1n) is 10.6. The average Bonchev–Trinajstić information content (AvgIpc) is 2.84. The molecule has 2 saturated heterocycles. The Morgan fingerprint density at radius 1 is 0.882 bits per heavy atom. The first-order chi connectivity index (χ1) is 16.0. The Hall–Kier alpha value is -0.930. The molecule has 0 saturated carbocycles. The summed E-state index contributed by atoms with van der Waals surface area (Å²) in [6, 6.07) is -4.23. The van der Waals surface area contributed by atoms with Crippen LogP contribution in [0.1, 0.15) is 0 Å². The van der Waals surface area contributed by atoms with Gasteiger partial charge in [0, 0.05) is 0 Å². The van der Waals surface area contributed by atoms with E-state index in [9.17, 15) is 45.6 Å². The topological polar surface area (TPSA) is 294 Å². The molecule has 0 radical (unpaired) electrons. The van der Waals surface area contributed by atoms with Gasteiger partial charge in [-0.3, -0.25) is 0 Å². The molecule has 14 atom stereocenters. The minimum Gasteiger partial charge on any atom is -0.394 e. The highest BCUT2D eigenvalue weighted by atomic mass is 16.7. The van der Waals surface area contributed by atoms with Gasteiger partial charge >= 0.3 is 0 Å². The number of carbonyl (C=O) groups excluding carboxylic acids is 1. The van der Waals surface area contributed by atoms with Crippen LogP contribution in [0.15, 0.2) is 0 Å². The molecule has 16 heteroatoms. The fraction of sp³-hybridized carbons (Fsp3) is 0.944. The van der Waals surface area contributed by atoms with Gasteiger partial charge in [-0.2, -0.15) is 0 Å². The largest absolute Gasteiger partial charge is 0.394 e. The summed E-state index contributed by atoms with van der Waals surface area (Å²) in [7, 11) is 0. The minimum atomic E-state index is -1.79. The lowest BCUT2D eigenvalue weighted by atomic mass is 9.95. The van der Waals surface area contributed by atoms with Crippen LogP contribution in [0.4, 0.5) is 0 Å². The van der Waals surface area contributed by atoms with Crippen molar-refractivity contribution in [3.05, 3.63) is 0 Å². The molecule has 16 nitrogen and oxygen atoms in total. The van der Waals surface area contributed by atoms with E-state index < -0.39 is 105 Å². The van der Waals surface area contributed by atoms with Crippen LogP contribution >= 0.6 is 0 Å². The summed E-state index contributed by atoms with van der Waals surface area (Å²) in [4.78, 5) is 10.9. The van der Waals surface area contributed by atoms with Gasteiger partial charge in [0.2, 0.25) is 0 Å². The first-order valence-corrected chi connectivity index (χ1v) is 10.6. The maximum atomic E-state index is 10.9. The number of nitrogens with two attached hydrogens (primary N) is 3. The molecule has 34 heavy (non-hydrogen) atoms. The lowest BCUT2D eigenvalue weighted by Crippen LogP contribution is -2.68. The second-order valence-electron chi connectivity index (χ2n) is 8.23.